The van der Waals surface area contributed by atoms with E-state index in [1.807, 2.05) is 6.92 Å². The largest absolute Gasteiger partial charge is 0.383 e. The van der Waals surface area contributed by atoms with Gasteiger partial charge in [-0.15, -0.1) is 0 Å². The molecule has 8 nitrogen and oxygen atoms in total. The fourth-order valence-electron chi connectivity index (χ4n) is 2.23. The molecule has 156 valence electrons. The average molecular weight is 404 g/mol. The first-order valence-electron chi connectivity index (χ1n) is 8.50. The molecular formula is C17H23F3N4O4. The van der Waals surface area contributed by atoms with Crippen molar-refractivity contribution in [3.05, 3.63) is 29.6 Å². The molecule has 28 heavy (non-hydrogen) atoms. The van der Waals surface area contributed by atoms with E-state index in [2.05, 4.69) is 16.0 Å². The summed E-state index contributed by atoms with van der Waals surface area (Å²) in [4.78, 5) is 36.9. The molecule has 0 fully saturated rings. The molecule has 0 radical (unpaired) electrons. The summed E-state index contributed by atoms with van der Waals surface area (Å²) in [6.45, 7) is 2.08. The highest BCUT2D eigenvalue weighted by atomic mass is 19.2. The Morgan fingerprint density at radius 3 is 2.39 bits per heavy atom. The summed E-state index contributed by atoms with van der Waals surface area (Å²) in [6, 6.07) is 0.882. The van der Waals surface area contributed by atoms with Gasteiger partial charge in [-0.1, -0.05) is 6.92 Å². The standard InChI is InChI=1S/C17H23F3N4O4/c1-3-7-24(10-14(26)23-17(27)21-6-8-28-2)9-13(25)22-12-5-4-11(18)15(19)16(12)20/h4-5H,3,6-10H2,1-2H3,(H,22,25)(H2,21,23,26,27). The van der Waals surface area contributed by atoms with E-state index in [-0.39, 0.29) is 26.2 Å². The number of hydrogen-bond donors (Lipinski definition) is 3. The smallest absolute Gasteiger partial charge is 0.321 e. The van der Waals surface area contributed by atoms with Gasteiger partial charge in [-0.2, -0.15) is 0 Å². The van der Waals surface area contributed by atoms with Gasteiger partial charge in [0.05, 0.1) is 25.4 Å². The van der Waals surface area contributed by atoms with Crippen LogP contribution < -0.4 is 16.0 Å². The molecule has 0 bridgehead atoms. The summed E-state index contributed by atoms with van der Waals surface area (Å²) in [5.74, 6) is -5.95. The molecule has 0 aliphatic carbocycles. The van der Waals surface area contributed by atoms with Gasteiger partial charge in [0.15, 0.2) is 17.5 Å². The summed E-state index contributed by atoms with van der Waals surface area (Å²) in [5, 5.41) is 6.64. The minimum atomic E-state index is -1.69. The lowest BCUT2D eigenvalue weighted by Gasteiger charge is -2.20. The quantitative estimate of drug-likeness (QED) is 0.402. The molecule has 1 rings (SSSR count). The van der Waals surface area contributed by atoms with Gasteiger partial charge in [0, 0.05) is 13.7 Å². The van der Waals surface area contributed by atoms with Gasteiger partial charge in [0.25, 0.3) is 0 Å². The summed E-state index contributed by atoms with van der Waals surface area (Å²) in [6.07, 6.45) is 0.597. The Balaban J connectivity index is 2.59. The van der Waals surface area contributed by atoms with Crippen molar-refractivity contribution in [1.29, 1.82) is 0 Å². The first-order chi connectivity index (χ1) is 13.3. The number of carbonyl (C=O) groups excluding carboxylic acids is 3. The number of benzene rings is 1. The Labute approximate surface area is 160 Å². The second-order valence-electron chi connectivity index (χ2n) is 5.78. The van der Waals surface area contributed by atoms with E-state index in [4.69, 9.17) is 4.74 Å². The van der Waals surface area contributed by atoms with Crippen LogP contribution in [0, 0.1) is 17.5 Å². The predicted molar refractivity (Wildman–Crippen MR) is 95.1 cm³/mol. The van der Waals surface area contributed by atoms with E-state index >= 15 is 0 Å². The molecule has 0 saturated heterocycles. The molecule has 0 atom stereocenters. The topological polar surface area (TPSA) is 99.8 Å². The van der Waals surface area contributed by atoms with Crippen LogP contribution in [-0.4, -0.2) is 62.6 Å². The van der Waals surface area contributed by atoms with Crippen molar-refractivity contribution in [2.75, 3.05) is 45.2 Å². The number of methoxy groups -OCH3 is 1. The van der Waals surface area contributed by atoms with Crippen LogP contribution in [0.4, 0.5) is 23.7 Å². The maximum absolute atomic E-state index is 13.6. The third-order valence-electron chi connectivity index (χ3n) is 3.43. The Hall–Kier alpha value is -2.66. The molecule has 0 aromatic heterocycles. The number of imide groups is 1. The van der Waals surface area contributed by atoms with Gasteiger partial charge in [-0.25, -0.2) is 18.0 Å². The summed E-state index contributed by atoms with van der Waals surface area (Å²) >= 11 is 0. The number of rotatable bonds is 10. The Morgan fingerprint density at radius 2 is 1.75 bits per heavy atom. The van der Waals surface area contributed by atoms with Gasteiger partial charge < -0.3 is 15.4 Å². The van der Waals surface area contributed by atoms with Crippen molar-refractivity contribution in [2.45, 2.75) is 13.3 Å². The highest BCUT2D eigenvalue weighted by Gasteiger charge is 2.18. The first kappa shape index (κ1) is 23.4. The molecule has 11 heteroatoms. The minimum absolute atomic E-state index is 0.219. The second-order valence-corrected chi connectivity index (χ2v) is 5.78. The van der Waals surface area contributed by atoms with Crippen LogP contribution >= 0.6 is 0 Å². The maximum Gasteiger partial charge on any atom is 0.321 e. The summed E-state index contributed by atoms with van der Waals surface area (Å²) < 4.78 is 44.5. The van der Waals surface area contributed by atoms with Crippen molar-refractivity contribution >= 4 is 23.5 Å². The molecule has 3 N–H and O–H groups in total. The van der Waals surface area contributed by atoms with E-state index in [0.29, 0.717) is 19.0 Å². The van der Waals surface area contributed by atoms with E-state index < -0.39 is 41.0 Å². The van der Waals surface area contributed by atoms with Crippen LogP contribution in [0.15, 0.2) is 12.1 Å². The highest BCUT2D eigenvalue weighted by Crippen LogP contribution is 2.19. The monoisotopic (exact) mass is 404 g/mol. The summed E-state index contributed by atoms with van der Waals surface area (Å²) in [5.41, 5.74) is -0.512. The lowest BCUT2D eigenvalue weighted by molar-refractivity contribution is -0.122. The van der Waals surface area contributed by atoms with Crippen molar-refractivity contribution < 1.29 is 32.3 Å². The van der Waals surface area contributed by atoms with Crippen molar-refractivity contribution in [3.63, 3.8) is 0 Å². The molecule has 4 amide bonds. The van der Waals surface area contributed by atoms with Crippen LogP contribution in [0.1, 0.15) is 13.3 Å². The Bertz CT molecular complexity index is 703. The fraction of sp³-hybridized carbons (Fsp3) is 0.471. The zero-order valence-electron chi connectivity index (χ0n) is 15.6. The van der Waals surface area contributed by atoms with Gasteiger partial charge in [0.1, 0.15) is 0 Å². The third kappa shape index (κ3) is 7.92. The van der Waals surface area contributed by atoms with E-state index in [1.54, 1.807) is 0 Å². The van der Waals surface area contributed by atoms with Crippen LogP contribution in [0.2, 0.25) is 0 Å². The van der Waals surface area contributed by atoms with E-state index in [0.717, 1.165) is 6.07 Å². The number of nitrogens with zero attached hydrogens (tertiary/aromatic N) is 1. The van der Waals surface area contributed by atoms with Crippen LogP contribution in [-0.2, 0) is 14.3 Å². The Kier molecular flexibility index (Phi) is 9.96. The lowest BCUT2D eigenvalue weighted by atomic mass is 10.2. The SMILES string of the molecule is CCCN(CC(=O)NC(=O)NCCOC)CC(=O)Nc1ccc(F)c(F)c1F. The van der Waals surface area contributed by atoms with Crippen molar-refractivity contribution in [2.24, 2.45) is 0 Å². The number of carbonyl (C=O) groups is 3. The third-order valence-corrected chi connectivity index (χ3v) is 3.43. The number of urea groups is 1. The van der Waals surface area contributed by atoms with Gasteiger partial charge >= 0.3 is 6.03 Å². The number of ether oxygens (including phenoxy) is 1. The number of nitrogens with one attached hydrogen (secondary N) is 3. The maximum atomic E-state index is 13.6. The van der Waals surface area contributed by atoms with Crippen molar-refractivity contribution in [3.8, 4) is 0 Å². The van der Waals surface area contributed by atoms with Gasteiger partial charge in [-0.3, -0.25) is 19.8 Å². The molecule has 0 saturated carbocycles. The number of anilines is 1. The average Bonchev–Trinajstić information content (AvgIpc) is 2.62. The second kappa shape index (κ2) is 11.9. The molecule has 0 unspecified atom stereocenters. The number of hydrogen-bond acceptors (Lipinski definition) is 5. The molecular weight excluding hydrogens is 381 g/mol. The number of amides is 4. The predicted octanol–water partition coefficient (Wildman–Crippen LogP) is 1.23. The van der Waals surface area contributed by atoms with Gasteiger partial charge in [0.2, 0.25) is 11.8 Å². The zero-order chi connectivity index (χ0) is 21.1. The van der Waals surface area contributed by atoms with Crippen LogP contribution in [0.25, 0.3) is 0 Å². The summed E-state index contributed by atoms with van der Waals surface area (Å²) in [7, 11) is 1.46. The molecule has 0 aliphatic rings. The first-order valence-corrected chi connectivity index (χ1v) is 8.50. The minimum Gasteiger partial charge on any atom is -0.383 e. The molecule has 0 spiro atoms. The lowest BCUT2D eigenvalue weighted by Crippen LogP contribution is -2.46. The van der Waals surface area contributed by atoms with E-state index in [9.17, 15) is 27.6 Å². The van der Waals surface area contributed by atoms with Crippen LogP contribution in [0.3, 0.4) is 0 Å². The fourth-order valence-corrected chi connectivity index (χ4v) is 2.23. The van der Waals surface area contributed by atoms with Crippen molar-refractivity contribution in [1.82, 2.24) is 15.5 Å². The Morgan fingerprint density at radius 1 is 1.07 bits per heavy atom. The highest BCUT2D eigenvalue weighted by molar-refractivity contribution is 5.96. The van der Waals surface area contributed by atoms with E-state index in [1.165, 1.54) is 12.0 Å². The zero-order valence-corrected chi connectivity index (χ0v) is 15.6. The van der Waals surface area contributed by atoms with Gasteiger partial charge in [-0.05, 0) is 25.1 Å². The molecule has 1 aromatic rings. The molecule has 1 aromatic carbocycles. The molecule has 0 heterocycles. The van der Waals surface area contributed by atoms with Crippen LogP contribution in [0.5, 0.6) is 0 Å². The molecule has 0 aliphatic heterocycles. The number of halogens is 3. The normalized spacial score (nSPS) is 10.6.